The summed E-state index contributed by atoms with van der Waals surface area (Å²) < 4.78 is 19.4. The molecule has 1 aliphatic heterocycles. The molecule has 1 saturated carbocycles. The maximum Gasteiger partial charge on any atom is 0.234 e. The van der Waals surface area contributed by atoms with Crippen LogP contribution in [0.2, 0.25) is 0 Å². The molecule has 3 aromatic rings. The molecule has 0 spiro atoms. The second-order valence-electron chi connectivity index (χ2n) is 8.72. The molecule has 0 unspecified atom stereocenters. The van der Waals surface area contributed by atoms with Crippen LogP contribution in [-0.4, -0.2) is 34.0 Å². The molecule has 2 aromatic heterocycles. The lowest BCUT2D eigenvalue weighted by atomic mass is 9.81. The Bertz CT molecular complexity index is 1040. The average Bonchev–Trinajstić information content (AvgIpc) is 3.55. The fourth-order valence-corrected chi connectivity index (χ4v) is 6.13. The van der Waals surface area contributed by atoms with E-state index in [-0.39, 0.29) is 28.9 Å². The largest absolute Gasteiger partial charge is 0.342 e. The molecule has 5 rings (SSSR count). The number of hydrogen-bond donors (Lipinski definition) is 0. The molecule has 162 valence electrons. The van der Waals surface area contributed by atoms with E-state index in [1.165, 1.54) is 10.9 Å². The lowest BCUT2D eigenvalue weighted by molar-refractivity contribution is -0.139. The topological polar surface area (TPSA) is 59.2 Å². The molecular weight excluding hydrogens is 413 g/mol. The molecule has 1 saturated heterocycles. The van der Waals surface area contributed by atoms with E-state index in [4.69, 9.17) is 4.52 Å². The van der Waals surface area contributed by atoms with Crippen molar-refractivity contribution < 1.29 is 13.7 Å². The summed E-state index contributed by atoms with van der Waals surface area (Å²) in [7, 11) is 0. The third kappa shape index (κ3) is 3.91. The Labute approximate surface area is 185 Å². The van der Waals surface area contributed by atoms with Gasteiger partial charge in [0.25, 0.3) is 0 Å². The summed E-state index contributed by atoms with van der Waals surface area (Å²) >= 11 is 1.71. The quantitative estimate of drug-likeness (QED) is 0.546. The van der Waals surface area contributed by atoms with E-state index in [2.05, 4.69) is 32.6 Å². The number of halogens is 1. The van der Waals surface area contributed by atoms with Crippen LogP contribution in [0.1, 0.15) is 49.3 Å². The zero-order valence-corrected chi connectivity index (χ0v) is 18.2. The van der Waals surface area contributed by atoms with Gasteiger partial charge >= 0.3 is 0 Å². The van der Waals surface area contributed by atoms with Crippen molar-refractivity contribution in [3.8, 4) is 11.4 Å². The molecule has 1 aromatic carbocycles. The average molecular weight is 440 g/mol. The molecule has 0 radical (unpaired) electrons. The van der Waals surface area contributed by atoms with Crippen LogP contribution in [0.25, 0.3) is 11.4 Å². The molecule has 7 heteroatoms. The lowest BCUT2D eigenvalue weighted by Crippen LogP contribution is -2.49. The molecule has 2 aliphatic rings. The molecule has 31 heavy (non-hydrogen) atoms. The highest BCUT2D eigenvalue weighted by Crippen LogP contribution is 2.45. The van der Waals surface area contributed by atoms with E-state index < -0.39 is 0 Å². The first-order chi connectivity index (χ1) is 15.2. The molecule has 3 heterocycles. The smallest absolute Gasteiger partial charge is 0.234 e. The highest BCUT2D eigenvalue weighted by molar-refractivity contribution is 7.10. The molecular formula is C24H26FN3O2S. The summed E-state index contributed by atoms with van der Waals surface area (Å²) in [6.07, 6.45) is 6.73. The Kier molecular flexibility index (Phi) is 5.61. The normalized spacial score (nSPS) is 20.8. The third-order valence-corrected chi connectivity index (χ3v) is 7.79. The first-order valence-corrected chi connectivity index (χ1v) is 11.9. The number of nitrogens with zero attached hydrogens (tertiary/aromatic N) is 3. The van der Waals surface area contributed by atoms with E-state index in [9.17, 15) is 9.18 Å². The molecule has 2 fully saturated rings. The van der Waals surface area contributed by atoms with Gasteiger partial charge in [0.2, 0.25) is 17.6 Å². The number of rotatable bonds is 5. The van der Waals surface area contributed by atoms with Crippen molar-refractivity contribution in [3.05, 3.63) is 58.4 Å². The van der Waals surface area contributed by atoms with Gasteiger partial charge in [-0.2, -0.15) is 4.98 Å². The number of aromatic nitrogens is 2. The third-order valence-electron chi connectivity index (χ3n) is 6.71. The van der Waals surface area contributed by atoms with Gasteiger partial charge in [0, 0.05) is 24.4 Å². The predicted octanol–water partition coefficient (Wildman–Crippen LogP) is 5.23. The van der Waals surface area contributed by atoms with Crippen molar-refractivity contribution in [2.45, 2.75) is 50.4 Å². The van der Waals surface area contributed by atoms with E-state index in [0.29, 0.717) is 24.4 Å². The summed E-state index contributed by atoms with van der Waals surface area (Å²) in [6.45, 7) is 1.52. The number of carbonyl (C=O) groups is 1. The number of thiophene rings is 1. The monoisotopic (exact) mass is 439 g/mol. The number of benzene rings is 1. The van der Waals surface area contributed by atoms with Crippen molar-refractivity contribution in [2.24, 2.45) is 5.92 Å². The molecule has 1 amide bonds. The number of piperidine rings is 1. The lowest BCUT2D eigenvalue weighted by Gasteiger charge is -2.38. The van der Waals surface area contributed by atoms with Gasteiger partial charge in [0.05, 0.1) is 11.0 Å². The molecule has 1 aliphatic carbocycles. The zero-order valence-electron chi connectivity index (χ0n) is 17.4. The van der Waals surface area contributed by atoms with Gasteiger partial charge in [-0.05, 0) is 55.2 Å². The van der Waals surface area contributed by atoms with Crippen molar-refractivity contribution >= 4 is 17.2 Å². The van der Waals surface area contributed by atoms with E-state index in [1.54, 1.807) is 29.5 Å². The molecule has 5 nitrogen and oxygen atoms in total. The summed E-state index contributed by atoms with van der Waals surface area (Å²) in [5.41, 5.74) is 0.00974. The fourth-order valence-electron chi connectivity index (χ4n) is 5.15. The summed E-state index contributed by atoms with van der Waals surface area (Å²) in [6, 6.07) is 10.6. The van der Waals surface area contributed by atoms with Crippen molar-refractivity contribution in [1.29, 1.82) is 0 Å². The standard InChI is InChI=1S/C24H26FN3O2S/c25-19-9-2-1-8-18(19)22-26-21(30-27-22)15-17-7-5-13-28(16-17)23(29)24(11-3-4-12-24)20-10-6-14-31-20/h1-2,6,8-10,14,17H,3-5,7,11-13,15-16H2/t17-/m0/s1. The van der Waals surface area contributed by atoms with E-state index in [0.717, 1.165) is 45.1 Å². The number of hydrogen-bond acceptors (Lipinski definition) is 5. The maximum atomic E-state index is 14.0. The van der Waals surface area contributed by atoms with Gasteiger partial charge in [-0.15, -0.1) is 11.3 Å². The number of carbonyl (C=O) groups excluding carboxylic acids is 1. The summed E-state index contributed by atoms with van der Waals surface area (Å²) in [5.74, 6) is 0.980. The van der Waals surface area contributed by atoms with Crippen LogP contribution >= 0.6 is 11.3 Å². The Morgan fingerprint density at radius 1 is 1.19 bits per heavy atom. The minimum absolute atomic E-state index is 0.272. The summed E-state index contributed by atoms with van der Waals surface area (Å²) in [4.78, 5) is 21.4. The van der Waals surface area contributed by atoms with Gasteiger partial charge in [0.15, 0.2) is 0 Å². The number of likely N-dealkylation sites (tertiary alicyclic amines) is 1. The highest BCUT2D eigenvalue weighted by atomic mass is 32.1. The fraction of sp³-hybridized carbons (Fsp3) is 0.458. The first-order valence-electron chi connectivity index (χ1n) is 11.1. The second kappa shape index (κ2) is 8.54. The molecule has 1 atom stereocenters. The SMILES string of the molecule is O=C(N1CCC[C@@H](Cc2nc(-c3ccccc3F)no2)C1)C1(c2cccs2)CCCC1. The van der Waals surface area contributed by atoms with Crippen molar-refractivity contribution in [1.82, 2.24) is 15.0 Å². The Morgan fingerprint density at radius 3 is 2.81 bits per heavy atom. The van der Waals surface area contributed by atoms with Gasteiger partial charge in [0.1, 0.15) is 5.82 Å². The van der Waals surface area contributed by atoms with Crippen molar-refractivity contribution in [3.63, 3.8) is 0 Å². The van der Waals surface area contributed by atoms with Crippen LogP contribution in [0, 0.1) is 11.7 Å². The van der Waals surface area contributed by atoms with Gasteiger partial charge in [-0.25, -0.2) is 4.39 Å². The predicted molar refractivity (Wildman–Crippen MR) is 117 cm³/mol. The first kappa shape index (κ1) is 20.4. The van der Waals surface area contributed by atoms with Crippen LogP contribution in [-0.2, 0) is 16.6 Å². The second-order valence-corrected chi connectivity index (χ2v) is 9.67. The van der Waals surface area contributed by atoms with Crippen molar-refractivity contribution in [2.75, 3.05) is 13.1 Å². The van der Waals surface area contributed by atoms with Crippen LogP contribution in [0.15, 0.2) is 46.3 Å². The van der Waals surface area contributed by atoms with Gasteiger partial charge in [-0.3, -0.25) is 4.79 Å². The molecule has 0 N–H and O–H groups in total. The van der Waals surface area contributed by atoms with E-state index >= 15 is 0 Å². The van der Waals surface area contributed by atoms with Gasteiger partial charge in [-0.1, -0.05) is 36.2 Å². The minimum atomic E-state index is -0.361. The highest BCUT2D eigenvalue weighted by Gasteiger charge is 2.46. The maximum absolute atomic E-state index is 14.0. The zero-order chi connectivity index (χ0) is 21.3. The van der Waals surface area contributed by atoms with Gasteiger partial charge < -0.3 is 9.42 Å². The van der Waals surface area contributed by atoms with Crippen LogP contribution < -0.4 is 0 Å². The number of amides is 1. The minimum Gasteiger partial charge on any atom is -0.342 e. The Morgan fingerprint density at radius 2 is 2.03 bits per heavy atom. The Balaban J connectivity index is 1.29. The van der Waals surface area contributed by atoms with E-state index in [1.807, 2.05) is 0 Å². The Hall–Kier alpha value is -2.54. The van der Waals surface area contributed by atoms with Crippen LogP contribution in [0.5, 0.6) is 0 Å². The molecule has 0 bridgehead atoms. The summed E-state index contributed by atoms with van der Waals surface area (Å²) in [5, 5.41) is 6.04. The van der Waals surface area contributed by atoms with Crippen LogP contribution in [0.3, 0.4) is 0 Å². The van der Waals surface area contributed by atoms with Crippen LogP contribution in [0.4, 0.5) is 4.39 Å².